The number of thioether (sulfide) groups is 1. The van der Waals surface area contributed by atoms with Crippen molar-refractivity contribution in [3.63, 3.8) is 0 Å². The van der Waals surface area contributed by atoms with Crippen LogP contribution in [-0.2, 0) is 5.75 Å². The molecule has 0 bridgehead atoms. The lowest BCUT2D eigenvalue weighted by Crippen LogP contribution is -2.15. The first-order valence-corrected chi connectivity index (χ1v) is 9.54. The number of anilines is 1. The molecular formula is C19H15Cl2N3OS. The van der Waals surface area contributed by atoms with E-state index in [1.807, 2.05) is 25.1 Å². The Morgan fingerprint density at radius 3 is 2.69 bits per heavy atom. The minimum atomic E-state index is -0.428. The Labute approximate surface area is 166 Å². The van der Waals surface area contributed by atoms with Gasteiger partial charge in [0.05, 0.1) is 21.9 Å². The number of rotatable bonds is 5. The van der Waals surface area contributed by atoms with Gasteiger partial charge < -0.3 is 5.32 Å². The van der Waals surface area contributed by atoms with E-state index in [0.29, 0.717) is 21.6 Å². The standard InChI is InChI=1S/C19H15Cl2N3OS/c1-12-5-4-6-13(9-12)11-26-19-22-10-15(21)17(24-19)18(25)23-16-8-3-2-7-14(16)20/h2-10H,11H2,1H3,(H,23,25). The second kappa shape index (κ2) is 8.54. The Bertz CT molecular complexity index is 950. The number of halogens is 2. The zero-order chi connectivity index (χ0) is 18.5. The van der Waals surface area contributed by atoms with Crippen molar-refractivity contribution in [2.24, 2.45) is 0 Å². The molecule has 0 unspecified atom stereocenters. The van der Waals surface area contributed by atoms with Gasteiger partial charge in [-0.05, 0) is 24.6 Å². The molecule has 1 heterocycles. The van der Waals surface area contributed by atoms with Gasteiger partial charge in [-0.1, -0.05) is 76.9 Å². The number of aromatic nitrogens is 2. The van der Waals surface area contributed by atoms with Crippen LogP contribution in [0.2, 0.25) is 10.0 Å². The zero-order valence-electron chi connectivity index (χ0n) is 13.9. The first-order chi connectivity index (χ1) is 12.5. The van der Waals surface area contributed by atoms with Crippen molar-refractivity contribution >= 4 is 46.6 Å². The van der Waals surface area contributed by atoms with Crippen molar-refractivity contribution in [1.29, 1.82) is 0 Å². The van der Waals surface area contributed by atoms with Crippen molar-refractivity contribution in [2.75, 3.05) is 5.32 Å². The molecule has 0 radical (unpaired) electrons. The normalized spacial score (nSPS) is 10.6. The first-order valence-electron chi connectivity index (χ1n) is 7.79. The molecule has 0 aliphatic rings. The molecule has 0 spiro atoms. The fraction of sp³-hybridized carbons (Fsp3) is 0.105. The van der Waals surface area contributed by atoms with Crippen LogP contribution in [0.5, 0.6) is 0 Å². The highest BCUT2D eigenvalue weighted by Crippen LogP contribution is 2.25. The lowest BCUT2D eigenvalue weighted by Gasteiger charge is -2.08. The molecule has 0 aliphatic heterocycles. The minimum Gasteiger partial charge on any atom is -0.319 e. The Hall–Kier alpha value is -2.08. The van der Waals surface area contributed by atoms with Crippen molar-refractivity contribution in [2.45, 2.75) is 17.8 Å². The van der Waals surface area contributed by atoms with Crippen LogP contribution >= 0.6 is 35.0 Å². The van der Waals surface area contributed by atoms with Gasteiger partial charge in [0.1, 0.15) is 0 Å². The van der Waals surface area contributed by atoms with Crippen LogP contribution in [0.3, 0.4) is 0 Å². The van der Waals surface area contributed by atoms with E-state index in [4.69, 9.17) is 23.2 Å². The molecule has 0 fully saturated rings. The minimum absolute atomic E-state index is 0.119. The number of carbonyl (C=O) groups is 1. The highest BCUT2D eigenvalue weighted by atomic mass is 35.5. The van der Waals surface area contributed by atoms with E-state index in [2.05, 4.69) is 21.4 Å². The number of nitrogens with zero attached hydrogens (tertiary/aromatic N) is 2. The molecule has 26 heavy (non-hydrogen) atoms. The topological polar surface area (TPSA) is 54.9 Å². The van der Waals surface area contributed by atoms with Gasteiger partial charge in [-0.2, -0.15) is 0 Å². The van der Waals surface area contributed by atoms with Gasteiger partial charge >= 0.3 is 0 Å². The summed E-state index contributed by atoms with van der Waals surface area (Å²) in [6, 6.07) is 15.2. The number of hydrogen-bond acceptors (Lipinski definition) is 4. The maximum atomic E-state index is 12.5. The number of nitrogens with one attached hydrogen (secondary N) is 1. The fourth-order valence-electron chi connectivity index (χ4n) is 2.27. The van der Waals surface area contributed by atoms with E-state index >= 15 is 0 Å². The average molecular weight is 404 g/mol. The third-order valence-electron chi connectivity index (χ3n) is 3.51. The van der Waals surface area contributed by atoms with E-state index in [1.54, 1.807) is 24.3 Å². The van der Waals surface area contributed by atoms with Gasteiger partial charge in [-0.3, -0.25) is 4.79 Å². The molecule has 2 aromatic carbocycles. The Kier molecular flexibility index (Phi) is 6.14. The average Bonchev–Trinajstić information content (AvgIpc) is 2.63. The quantitative estimate of drug-likeness (QED) is 0.442. The molecule has 1 amide bonds. The maximum Gasteiger partial charge on any atom is 0.276 e. The lowest BCUT2D eigenvalue weighted by atomic mass is 10.2. The Morgan fingerprint density at radius 1 is 1.12 bits per heavy atom. The fourth-order valence-corrected chi connectivity index (χ4v) is 3.39. The summed E-state index contributed by atoms with van der Waals surface area (Å²) in [6.07, 6.45) is 1.44. The summed E-state index contributed by atoms with van der Waals surface area (Å²) in [5.41, 5.74) is 2.98. The summed E-state index contributed by atoms with van der Waals surface area (Å²) < 4.78 is 0. The van der Waals surface area contributed by atoms with Crippen molar-refractivity contribution in [3.8, 4) is 0 Å². The molecule has 0 saturated carbocycles. The Balaban J connectivity index is 1.74. The summed E-state index contributed by atoms with van der Waals surface area (Å²) in [5, 5.41) is 3.84. The van der Waals surface area contributed by atoms with Crippen LogP contribution in [-0.4, -0.2) is 15.9 Å². The van der Waals surface area contributed by atoms with Crippen LogP contribution in [0.15, 0.2) is 59.9 Å². The molecule has 132 valence electrons. The molecule has 0 saturated heterocycles. The number of hydrogen-bond donors (Lipinski definition) is 1. The van der Waals surface area contributed by atoms with E-state index in [-0.39, 0.29) is 10.7 Å². The third kappa shape index (κ3) is 4.75. The number of aryl methyl sites for hydroxylation is 1. The summed E-state index contributed by atoms with van der Waals surface area (Å²) in [7, 11) is 0. The summed E-state index contributed by atoms with van der Waals surface area (Å²) in [6.45, 7) is 2.05. The zero-order valence-corrected chi connectivity index (χ0v) is 16.2. The van der Waals surface area contributed by atoms with Crippen LogP contribution in [0.25, 0.3) is 0 Å². The highest BCUT2D eigenvalue weighted by Gasteiger charge is 2.16. The van der Waals surface area contributed by atoms with Gasteiger partial charge in [0.15, 0.2) is 10.9 Å². The van der Waals surface area contributed by atoms with E-state index in [1.165, 1.54) is 23.5 Å². The van der Waals surface area contributed by atoms with Gasteiger partial charge in [0, 0.05) is 5.75 Å². The Morgan fingerprint density at radius 2 is 1.92 bits per heavy atom. The summed E-state index contributed by atoms with van der Waals surface area (Å²) >= 11 is 13.6. The number of benzene rings is 2. The van der Waals surface area contributed by atoms with Gasteiger partial charge in [-0.15, -0.1) is 0 Å². The smallest absolute Gasteiger partial charge is 0.276 e. The van der Waals surface area contributed by atoms with Crippen molar-refractivity contribution < 1.29 is 4.79 Å². The summed E-state index contributed by atoms with van der Waals surface area (Å²) in [5.74, 6) is 0.275. The van der Waals surface area contributed by atoms with Crippen LogP contribution in [0, 0.1) is 6.92 Å². The summed E-state index contributed by atoms with van der Waals surface area (Å²) in [4.78, 5) is 21.0. The predicted octanol–water partition coefficient (Wildman–Crippen LogP) is 5.64. The van der Waals surface area contributed by atoms with Gasteiger partial charge in [0.2, 0.25) is 0 Å². The number of carbonyl (C=O) groups excluding carboxylic acids is 1. The molecule has 0 atom stereocenters. The molecule has 3 rings (SSSR count). The van der Waals surface area contributed by atoms with Crippen LogP contribution in [0.4, 0.5) is 5.69 Å². The van der Waals surface area contributed by atoms with Crippen LogP contribution in [0.1, 0.15) is 21.6 Å². The number of para-hydroxylation sites is 1. The van der Waals surface area contributed by atoms with E-state index < -0.39 is 5.91 Å². The molecule has 1 N–H and O–H groups in total. The molecular weight excluding hydrogens is 389 g/mol. The molecule has 7 heteroatoms. The number of amides is 1. The largest absolute Gasteiger partial charge is 0.319 e. The highest BCUT2D eigenvalue weighted by molar-refractivity contribution is 7.98. The van der Waals surface area contributed by atoms with Gasteiger partial charge in [0.25, 0.3) is 5.91 Å². The monoisotopic (exact) mass is 403 g/mol. The molecule has 3 aromatic rings. The van der Waals surface area contributed by atoms with Crippen molar-refractivity contribution in [1.82, 2.24) is 9.97 Å². The second-order valence-corrected chi connectivity index (χ2v) is 7.32. The predicted molar refractivity (Wildman–Crippen MR) is 107 cm³/mol. The van der Waals surface area contributed by atoms with Crippen molar-refractivity contribution in [3.05, 3.63) is 81.6 Å². The maximum absolute atomic E-state index is 12.5. The first kappa shape index (κ1) is 18.7. The van der Waals surface area contributed by atoms with E-state index in [0.717, 1.165) is 5.56 Å². The lowest BCUT2D eigenvalue weighted by molar-refractivity contribution is 0.102. The molecule has 0 aliphatic carbocycles. The second-order valence-electron chi connectivity index (χ2n) is 5.56. The third-order valence-corrected chi connectivity index (χ3v) is 5.05. The molecule has 4 nitrogen and oxygen atoms in total. The van der Waals surface area contributed by atoms with E-state index in [9.17, 15) is 4.79 Å². The van der Waals surface area contributed by atoms with Gasteiger partial charge in [-0.25, -0.2) is 9.97 Å². The molecule has 1 aromatic heterocycles. The SMILES string of the molecule is Cc1cccc(CSc2ncc(Cl)c(C(=O)Nc3ccccc3Cl)n2)c1. The van der Waals surface area contributed by atoms with Crippen LogP contribution < -0.4 is 5.32 Å².